The predicted octanol–water partition coefficient (Wildman–Crippen LogP) is 2.19. The monoisotopic (exact) mass is 405 g/mol. The fraction of sp³-hybridized carbons (Fsp3) is 0.474. The number of sulfonamides is 1. The molecule has 9 heteroatoms. The summed E-state index contributed by atoms with van der Waals surface area (Å²) in [7, 11) is -3.73. The van der Waals surface area contributed by atoms with E-state index in [0.29, 0.717) is 18.1 Å². The number of carbonyl (C=O) groups excluding carboxylic acids is 1. The Balaban J connectivity index is 1.71. The van der Waals surface area contributed by atoms with Gasteiger partial charge in [-0.1, -0.05) is 12.8 Å². The number of hydrogen-bond acceptors (Lipinski definition) is 6. The first-order chi connectivity index (χ1) is 13.3. The quantitative estimate of drug-likeness (QED) is 0.645. The average Bonchev–Trinajstić information content (AvgIpc) is 3.29. The Morgan fingerprint density at radius 1 is 1.25 bits per heavy atom. The van der Waals surface area contributed by atoms with Crippen molar-refractivity contribution in [2.24, 2.45) is 10.5 Å². The summed E-state index contributed by atoms with van der Waals surface area (Å²) in [4.78, 5) is 11.2. The molecule has 152 valence electrons. The van der Waals surface area contributed by atoms with Gasteiger partial charge < -0.3 is 10.6 Å². The molecule has 2 aliphatic rings. The molecule has 1 aromatic rings. The lowest BCUT2D eigenvalue weighted by Crippen LogP contribution is -2.33. The lowest BCUT2D eigenvalue weighted by atomic mass is 9.88. The minimum Gasteiger partial charge on any atom is -0.369 e. The molecule has 0 aromatic heterocycles. The Labute approximate surface area is 166 Å². The van der Waals surface area contributed by atoms with Crippen molar-refractivity contribution >= 4 is 27.8 Å². The molecule has 0 saturated heterocycles. The second-order valence-electron chi connectivity index (χ2n) is 7.26. The van der Waals surface area contributed by atoms with Crippen LogP contribution >= 0.6 is 0 Å². The number of carbonyl (C=O) groups is 1. The summed E-state index contributed by atoms with van der Waals surface area (Å²) >= 11 is 0. The summed E-state index contributed by atoms with van der Waals surface area (Å²) in [5, 5.41) is 12.1. The molecule has 1 saturated carbocycles. The topological polar surface area (TPSA) is 103 Å². The Hall–Kier alpha value is -2.55. The first kappa shape index (κ1) is 20.2. The standard InChI is InChI=1S/C19H27N5O3S/c1-3-20-18(24-14-19(13-21-24)10-4-5-11-19)12-22-28(26,27)17-8-6-16(7-9-17)23-15(2)25/h6-9,12-13,20,22H,3-5,10-11,14H2,1-2H3,(H,23,25)/b18-12-. The van der Waals surface area contributed by atoms with E-state index >= 15 is 0 Å². The van der Waals surface area contributed by atoms with E-state index in [2.05, 4.69) is 20.5 Å². The van der Waals surface area contributed by atoms with E-state index in [-0.39, 0.29) is 16.2 Å². The normalized spacial score (nSPS) is 18.5. The van der Waals surface area contributed by atoms with Crippen molar-refractivity contribution in [1.82, 2.24) is 15.0 Å². The summed E-state index contributed by atoms with van der Waals surface area (Å²) in [5.74, 6) is 0.416. The number of hydrogen-bond donors (Lipinski definition) is 3. The predicted molar refractivity (Wildman–Crippen MR) is 109 cm³/mol. The summed E-state index contributed by atoms with van der Waals surface area (Å²) in [6, 6.07) is 6.02. The second-order valence-corrected chi connectivity index (χ2v) is 8.97. The molecular weight excluding hydrogens is 378 g/mol. The van der Waals surface area contributed by atoms with Crippen LogP contribution in [0.3, 0.4) is 0 Å². The van der Waals surface area contributed by atoms with Crippen LogP contribution in [0.4, 0.5) is 5.69 Å². The van der Waals surface area contributed by atoms with Crippen molar-refractivity contribution < 1.29 is 13.2 Å². The van der Waals surface area contributed by atoms with Crippen molar-refractivity contribution in [2.75, 3.05) is 18.4 Å². The number of benzene rings is 1. The van der Waals surface area contributed by atoms with E-state index in [9.17, 15) is 13.2 Å². The third kappa shape index (κ3) is 4.64. The van der Waals surface area contributed by atoms with Crippen molar-refractivity contribution in [3.05, 3.63) is 36.3 Å². The van der Waals surface area contributed by atoms with Crippen molar-refractivity contribution in [3.8, 4) is 0 Å². The Kier molecular flexibility index (Phi) is 5.93. The van der Waals surface area contributed by atoms with Gasteiger partial charge in [-0.05, 0) is 44.0 Å². The van der Waals surface area contributed by atoms with Crippen LogP contribution in [0.2, 0.25) is 0 Å². The van der Waals surface area contributed by atoms with Crippen LogP contribution in [-0.4, -0.2) is 38.6 Å². The number of amides is 1. The SMILES string of the molecule is CCN/C(=C/NS(=O)(=O)c1ccc(NC(C)=O)cc1)N1CC2(C=N1)CCCC2. The lowest BCUT2D eigenvalue weighted by Gasteiger charge is -2.24. The highest BCUT2D eigenvalue weighted by atomic mass is 32.2. The zero-order valence-corrected chi connectivity index (χ0v) is 17.1. The molecule has 0 unspecified atom stereocenters. The molecule has 8 nitrogen and oxygen atoms in total. The smallest absolute Gasteiger partial charge is 0.261 e. The van der Waals surface area contributed by atoms with E-state index in [0.717, 1.165) is 19.4 Å². The van der Waals surface area contributed by atoms with E-state index in [1.807, 2.05) is 18.1 Å². The fourth-order valence-corrected chi connectivity index (χ4v) is 4.50. The number of nitrogens with one attached hydrogen (secondary N) is 3. The molecule has 1 fully saturated rings. The molecule has 1 amide bonds. The van der Waals surface area contributed by atoms with Gasteiger partial charge in [-0.25, -0.2) is 13.4 Å². The van der Waals surface area contributed by atoms with Crippen LogP contribution in [-0.2, 0) is 14.8 Å². The second kappa shape index (κ2) is 8.22. The largest absolute Gasteiger partial charge is 0.369 e. The van der Waals surface area contributed by atoms with Gasteiger partial charge in [-0.15, -0.1) is 0 Å². The highest BCUT2D eigenvalue weighted by Crippen LogP contribution is 2.40. The zero-order valence-electron chi connectivity index (χ0n) is 16.2. The van der Waals surface area contributed by atoms with E-state index in [1.54, 1.807) is 12.1 Å². The van der Waals surface area contributed by atoms with Crippen LogP contribution in [0.5, 0.6) is 0 Å². The van der Waals surface area contributed by atoms with Crippen LogP contribution < -0.4 is 15.4 Å². The van der Waals surface area contributed by atoms with E-state index in [1.165, 1.54) is 38.1 Å². The molecule has 3 rings (SSSR count). The van der Waals surface area contributed by atoms with Gasteiger partial charge in [-0.3, -0.25) is 9.52 Å². The molecule has 1 aromatic carbocycles. The number of nitrogens with zero attached hydrogens (tertiary/aromatic N) is 2. The Bertz CT molecular complexity index is 871. The minimum absolute atomic E-state index is 0.117. The number of rotatable bonds is 7. The van der Waals surface area contributed by atoms with Crippen molar-refractivity contribution in [2.45, 2.75) is 44.4 Å². The molecule has 1 aliphatic heterocycles. The first-order valence-corrected chi connectivity index (χ1v) is 11.0. The minimum atomic E-state index is -3.73. The van der Waals surface area contributed by atoms with E-state index < -0.39 is 10.0 Å². The molecule has 28 heavy (non-hydrogen) atoms. The maximum atomic E-state index is 12.6. The van der Waals surface area contributed by atoms with Crippen LogP contribution in [0.25, 0.3) is 0 Å². The molecule has 0 bridgehead atoms. The van der Waals surface area contributed by atoms with Gasteiger partial charge in [0.25, 0.3) is 10.0 Å². The van der Waals surface area contributed by atoms with Gasteiger partial charge in [0, 0.05) is 30.8 Å². The molecule has 1 spiro atoms. The van der Waals surface area contributed by atoms with Gasteiger partial charge in [0.2, 0.25) is 5.91 Å². The summed E-state index contributed by atoms with van der Waals surface area (Å²) in [5.41, 5.74) is 0.663. The van der Waals surface area contributed by atoms with Crippen molar-refractivity contribution in [1.29, 1.82) is 0 Å². The summed E-state index contributed by atoms with van der Waals surface area (Å²) in [6.45, 7) is 4.76. The third-order valence-electron chi connectivity index (χ3n) is 5.01. The molecule has 3 N–H and O–H groups in total. The highest BCUT2D eigenvalue weighted by Gasteiger charge is 2.38. The molecule has 0 radical (unpaired) electrons. The maximum absolute atomic E-state index is 12.6. The molecule has 1 aliphatic carbocycles. The molecule has 0 atom stereocenters. The highest BCUT2D eigenvalue weighted by molar-refractivity contribution is 7.89. The van der Waals surface area contributed by atoms with Crippen LogP contribution in [0.15, 0.2) is 46.3 Å². The zero-order chi connectivity index (χ0) is 20.2. The third-order valence-corrected chi connectivity index (χ3v) is 6.33. The molecular formula is C19H27N5O3S. The van der Waals surface area contributed by atoms with Crippen LogP contribution in [0.1, 0.15) is 39.5 Å². The first-order valence-electron chi connectivity index (χ1n) is 9.50. The number of hydrazone groups is 1. The lowest BCUT2D eigenvalue weighted by molar-refractivity contribution is -0.114. The number of anilines is 1. The summed E-state index contributed by atoms with van der Waals surface area (Å²) in [6.07, 6.45) is 8.13. The van der Waals surface area contributed by atoms with E-state index in [4.69, 9.17) is 0 Å². The fourth-order valence-electron chi connectivity index (χ4n) is 3.61. The maximum Gasteiger partial charge on any atom is 0.261 e. The van der Waals surface area contributed by atoms with Gasteiger partial charge >= 0.3 is 0 Å². The van der Waals surface area contributed by atoms with Crippen molar-refractivity contribution in [3.63, 3.8) is 0 Å². The van der Waals surface area contributed by atoms with Gasteiger partial charge in [0.05, 0.1) is 17.6 Å². The van der Waals surface area contributed by atoms with Gasteiger partial charge in [0.1, 0.15) is 5.82 Å². The van der Waals surface area contributed by atoms with Gasteiger partial charge in [0.15, 0.2) is 0 Å². The average molecular weight is 406 g/mol. The summed E-state index contributed by atoms with van der Waals surface area (Å²) < 4.78 is 27.7. The Morgan fingerprint density at radius 2 is 1.93 bits per heavy atom. The van der Waals surface area contributed by atoms with Gasteiger partial charge in [-0.2, -0.15) is 5.10 Å². The molecule has 1 heterocycles. The Morgan fingerprint density at radius 3 is 2.54 bits per heavy atom. The van der Waals surface area contributed by atoms with Crippen LogP contribution in [0, 0.1) is 5.41 Å².